The molecule has 0 fully saturated rings. The summed E-state index contributed by atoms with van der Waals surface area (Å²) in [5.74, 6) is 0.162. The van der Waals surface area contributed by atoms with E-state index in [4.69, 9.17) is 0 Å². The van der Waals surface area contributed by atoms with E-state index in [1.165, 1.54) is 10.9 Å². The standard InChI is InChI=1S/C24H25FN2/c1-16-14-24(2,3)27(4)23-13-22(25)19(12-21(16)23)15-26-20-10-9-17-7-5-6-8-18(17)11-20/h5-13,15-16H,14H2,1-4H3. The van der Waals surface area contributed by atoms with Gasteiger partial charge in [-0.05, 0) is 66.8 Å². The Balaban J connectivity index is 1.70. The highest BCUT2D eigenvalue weighted by Gasteiger charge is 2.34. The van der Waals surface area contributed by atoms with Crippen LogP contribution < -0.4 is 4.90 Å². The van der Waals surface area contributed by atoms with Gasteiger partial charge in [-0.15, -0.1) is 0 Å². The van der Waals surface area contributed by atoms with Crippen molar-refractivity contribution in [1.82, 2.24) is 0 Å². The lowest BCUT2D eigenvalue weighted by atomic mass is 9.80. The molecule has 1 aliphatic heterocycles. The van der Waals surface area contributed by atoms with Gasteiger partial charge in [0.05, 0.1) is 5.69 Å². The van der Waals surface area contributed by atoms with E-state index < -0.39 is 0 Å². The SMILES string of the molecule is CC1CC(C)(C)N(C)c2cc(F)c(C=Nc3ccc4ccccc4c3)cc21. The molecule has 1 unspecified atom stereocenters. The number of nitrogens with zero attached hydrogens (tertiary/aromatic N) is 2. The summed E-state index contributed by atoms with van der Waals surface area (Å²) in [6, 6.07) is 17.8. The zero-order chi connectivity index (χ0) is 19.2. The third-order valence-corrected chi connectivity index (χ3v) is 5.84. The van der Waals surface area contributed by atoms with Crippen LogP contribution in [0.1, 0.15) is 44.2 Å². The average Bonchev–Trinajstić information content (AvgIpc) is 2.64. The third-order valence-electron chi connectivity index (χ3n) is 5.84. The number of rotatable bonds is 2. The molecule has 3 aromatic carbocycles. The second-order valence-electron chi connectivity index (χ2n) is 8.20. The molecule has 0 saturated carbocycles. The van der Waals surface area contributed by atoms with Gasteiger partial charge in [-0.1, -0.05) is 37.3 Å². The van der Waals surface area contributed by atoms with Crippen LogP contribution in [-0.2, 0) is 0 Å². The molecular weight excluding hydrogens is 335 g/mol. The summed E-state index contributed by atoms with van der Waals surface area (Å²) in [7, 11) is 2.05. The lowest BCUT2D eigenvalue weighted by molar-refractivity contribution is 0.394. The van der Waals surface area contributed by atoms with Crippen molar-refractivity contribution in [2.45, 2.75) is 38.6 Å². The first-order valence-electron chi connectivity index (χ1n) is 9.45. The minimum atomic E-state index is -0.227. The van der Waals surface area contributed by atoms with Crippen molar-refractivity contribution in [3.63, 3.8) is 0 Å². The van der Waals surface area contributed by atoms with Crippen LogP contribution in [0, 0.1) is 5.82 Å². The molecule has 0 radical (unpaired) electrons. The molecule has 3 aromatic rings. The van der Waals surface area contributed by atoms with Crippen molar-refractivity contribution >= 4 is 28.4 Å². The Bertz CT molecular complexity index is 1040. The van der Waals surface area contributed by atoms with Crippen molar-refractivity contribution in [3.8, 4) is 0 Å². The van der Waals surface area contributed by atoms with Gasteiger partial charge in [-0.3, -0.25) is 4.99 Å². The highest BCUT2D eigenvalue weighted by Crippen LogP contribution is 2.43. The Hall–Kier alpha value is -2.68. The molecule has 1 atom stereocenters. The summed E-state index contributed by atoms with van der Waals surface area (Å²) in [5, 5.41) is 2.31. The van der Waals surface area contributed by atoms with E-state index in [0.717, 1.165) is 23.2 Å². The highest BCUT2D eigenvalue weighted by molar-refractivity contribution is 5.88. The van der Waals surface area contributed by atoms with E-state index in [1.807, 2.05) is 43.4 Å². The maximum absolute atomic E-state index is 14.8. The number of hydrogen-bond donors (Lipinski definition) is 0. The predicted molar refractivity (Wildman–Crippen MR) is 113 cm³/mol. The van der Waals surface area contributed by atoms with Crippen LogP contribution >= 0.6 is 0 Å². The molecule has 138 valence electrons. The minimum Gasteiger partial charge on any atom is -0.369 e. The van der Waals surface area contributed by atoms with E-state index in [-0.39, 0.29) is 11.4 Å². The van der Waals surface area contributed by atoms with Crippen LogP contribution in [-0.4, -0.2) is 18.8 Å². The maximum atomic E-state index is 14.8. The smallest absolute Gasteiger partial charge is 0.134 e. The highest BCUT2D eigenvalue weighted by atomic mass is 19.1. The Kier molecular flexibility index (Phi) is 4.26. The van der Waals surface area contributed by atoms with Crippen LogP contribution in [0.25, 0.3) is 10.8 Å². The average molecular weight is 360 g/mol. The van der Waals surface area contributed by atoms with Gasteiger partial charge in [0.25, 0.3) is 0 Å². The zero-order valence-corrected chi connectivity index (χ0v) is 16.3. The van der Waals surface area contributed by atoms with Crippen molar-refractivity contribution in [3.05, 3.63) is 71.5 Å². The van der Waals surface area contributed by atoms with Crippen LogP contribution in [0.5, 0.6) is 0 Å². The Morgan fingerprint density at radius 2 is 1.81 bits per heavy atom. The second-order valence-corrected chi connectivity index (χ2v) is 8.20. The number of anilines is 1. The Morgan fingerprint density at radius 1 is 1.07 bits per heavy atom. The van der Waals surface area contributed by atoms with Crippen molar-refractivity contribution < 1.29 is 4.39 Å². The molecule has 0 saturated heterocycles. The van der Waals surface area contributed by atoms with Crippen LogP contribution in [0.15, 0.2) is 59.6 Å². The maximum Gasteiger partial charge on any atom is 0.134 e. The number of hydrogen-bond acceptors (Lipinski definition) is 2. The summed E-state index contributed by atoms with van der Waals surface area (Å²) in [4.78, 5) is 6.72. The van der Waals surface area contributed by atoms with Gasteiger partial charge in [0.2, 0.25) is 0 Å². The molecule has 0 bridgehead atoms. The van der Waals surface area contributed by atoms with Crippen LogP contribution in [0.3, 0.4) is 0 Å². The second kappa shape index (κ2) is 6.49. The normalized spacial score (nSPS) is 18.9. The van der Waals surface area contributed by atoms with E-state index in [1.54, 1.807) is 12.3 Å². The lowest BCUT2D eigenvalue weighted by Crippen LogP contribution is -2.45. The van der Waals surface area contributed by atoms with Gasteiger partial charge in [-0.25, -0.2) is 4.39 Å². The largest absolute Gasteiger partial charge is 0.369 e. The molecular formula is C24H25FN2. The number of aliphatic imine (C=N–C) groups is 1. The molecule has 1 heterocycles. The van der Waals surface area contributed by atoms with E-state index in [0.29, 0.717) is 11.5 Å². The summed E-state index contributed by atoms with van der Waals surface area (Å²) < 4.78 is 14.8. The lowest BCUT2D eigenvalue weighted by Gasteiger charge is -2.45. The van der Waals surface area contributed by atoms with E-state index in [9.17, 15) is 4.39 Å². The fourth-order valence-electron chi connectivity index (χ4n) is 4.10. The molecule has 0 spiro atoms. The number of halogens is 1. The van der Waals surface area contributed by atoms with Gasteiger partial charge >= 0.3 is 0 Å². The molecule has 27 heavy (non-hydrogen) atoms. The van der Waals surface area contributed by atoms with Gasteiger partial charge in [-0.2, -0.15) is 0 Å². The van der Waals surface area contributed by atoms with Crippen LogP contribution in [0.2, 0.25) is 0 Å². The molecule has 0 amide bonds. The Morgan fingerprint density at radius 3 is 2.59 bits per heavy atom. The fourth-order valence-corrected chi connectivity index (χ4v) is 4.10. The first-order chi connectivity index (χ1) is 12.8. The van der Waals surface area contributed by atoms with Crippen LogP contribution in [0.4, 0.5) is 15.8 Å². The first kappa shape index (κ1) is 17.7. The monoisotopic (exact) mass is 360 g/mol. The molecule has 0 aliphatic carbocycles. The predicted octanol–water partition coefficient (Wildman–Crippen LogP) is 6.45. The zero-order valence-electron chi connectivity index (χ0n) is 16.3. The summed E-state index contributed by atoms with van der Waals surface area (Å²) >= 11 is 0. The molecule has 2 nitrogen and oxygen atoms in total. The van der Waals surface area contributed by atoms with Gasteiger partial charge in [0.15, 0.2) is 0 Å². The summed E-state index contributed by atoms with van der Waals surface area (Å²) in [5.41, 5.74) is 3.58. The quantitative estimate of drug-likeness (QED) is 0.479. The van der Waals surface area contributed by atoms with E-state index in [2.05, 4.69) is 42.8 Å². The molecule has 1 aliphatic rings. The van der Waals surface area contributed by atoms with Gasteiger partial charge in [0, 0.05) is 30.1 Å². The van der Waals surface area contributed by atoms with E-state index >= 15 is 0 Å². The van der Waals surface area contributed by atoms with Gasteiger partial charge < -0.3 is 4.90 Å². The molecule has 4 rings (SSSR count). The molecule has 3 heteroatoms. The van der Waals surface area contributed by atoms with Crippen molar-refractivity contribution in [2.24, 2.45) is 4.99 Å². The number of fused-ring (bicyclic) bond motifs is 2. The number of benzene rings is 3. The van der Waals surface area contributed by atoms with Crippen molar-refractivity contribution in [2.75, 3.05) is 11.9 Å². The fraction of sp³-hybridized carbons (Fsp3) is 0.292. The molecule has 0 N–H and O–H groups in total. The van der Waals surface area contributed by atoms with Gasteiger partial charge in [0.1, 0.15) is 5.82 Å². The topological polar surface area (TPSA) is 15.6 Å². The van der Waals surface area contributed by atoms with Crippen molar-refractivity contribution in [1.29, 1.82) is 0 Å². The minimum absolute atomic E-state index is 0.0273. The Labute approximate surface area is 160 Å². The summed E-state index contributed by atoms with van der Waals surface area (Å²) in [6.07, 6.45) is 2.69. The summed E-state index contributed by atoms with van der Waals surface area (Å²) in [6.45, 7) is 6.63. The molecule has 0 aromatic heterocycles. The third kappa shape index (κ3) is 3.23. The first-order valence-corrected chi connectivity index (χ1v) is 9.45.